The molecule has 0 aliphatic rings. The maximum Gasteiger partial charge on any atom is 0.218 e. The first-order valence-corrected chi connectivity index (χ1v) is 7.39. The number of furan rings is 1. The average molecular weight is 288 g/mol. The first-order valence-electron chi connectivity index (χ1n) is 7.39. The second kappa shape index (κ2) is 7.27. The molecule has 0 unspecified atom stereocenters. The van der Waals surface area contributed by atoms with Crippen molar-refractivity contribution in [2.24, 2.45) is 5.92 Å². The molecule has 4 nitrogen and oxygen atoms in total. The monoisotopic (exact) mass is 288 g/mol. The molecule has 0 bridgehead atoms. The number of ether oxygens (including phenoxy) is 1. The van der Waals surface area contributed by atoms with E-state index in [-0.39, 0.29) is 0 Å². The minimum atomic E-state index is 0.403. The Labute approximate surface area is 126 Å². The topological polar surface area (TPSA) is 47.3 Å². The highest BCUT2D eigenvalue weighted by molar-refractivity contribution is 5.36. The Morgan fingerprint density at radius 3 is 2.81 bits per heavy atom. The van der Waals surface area contributed by atoms with Crippen LogP contribution in [0, 0.1) is 19.8 Å². The van der Waals surface area contributed by atoms with Gasteiger partial charge in [-0.25, -0.2) is 4.98 Å². The van der Waals surface area contributed by atoms with E-state index in [0.29, 0.717) is 18.4 Å². The van der Waals surface area contributed by atoms with E-state index in [9.17, 15) is 0 Å². The quantitative estimate of drug-likeness (QED) is 0.845. The lowest BCUT2D eigenvalue weighted by molar-refractivity contribution is 0.256. The number of hydrogen-bond acceptors (Lipinski definition) is 4. The Bertz CT molecular complexity index is 562. The van der Waals surface area contributed by atoms with Gasteiger partial charge in [-0.05, 0) is 50.1 Å². The third-order valence-corrected chi connectivity index (χ3v) is 3.22. The summed E-state index contributed by atoms with van der Waals surface area (Å²) in [4.78, 5) is 4.53. The lowest BCUT2D eigenvalue weighted by Crippen LogP contribution is -2.20. The van der Waals surface area contributed by atoms with Gasteiger partial charge in [-0.1, -0.05) is 13.8 Å². The number of nitrogens with zero attached hydrogens (tertiary/aromatic N) is 1. The maximum atomic E-state index is 5.86. The predicted octanol–water partition coefficient (Wildman–Crippen LogP) is 3.62. The summed E-state index contributed by atoms with van der Waals surface area (Å²) in [5.74, 6) is 2.12. The minimum Gasteiger partial charge on any atom is -0.469 e. The zero-order valence-electron chi connectivity index (χ0n) is 13.3. The van der Waals surface area contributed by atoms with Crippen molar-refractivity contribution in [2.45, 2.75) is 40.8 Å². The third kappa shape index (κ3) is 4.60. The second-order valence-electron chi connectivity index (χ2n) is 5.76. The Morgan fingerprint density at radius 1 is 1.33 bits per heavy atom. The van der Waals surface area contributed by atoms with Crippen LogP contribution < -0.4 is 10.1 Å². The van der Waals surface area contributed by atoms with E-state index in [1.165, 1.54) is 5.56 Å². The molecule has 2 aromatic rings. The molecule has 0 saturated heterocycles. The van der Waals surface area contributed by atoms with E-state index in [1.54, 1.807) is 6.26 Å². The molecule has 2 aromatic heterocycles. The van der Waals surface area contributed by atoms with Crippen LogP contribution in [0.5, 0.6) is 5.88 Å². The molecule has 0 aliphatic heterocycles. The molecule has 1 N–H and O–H groups in total. The van der Waals surface area contributed by atoms with Crippen LogP contribution in [-0.4, -0.2) is 11.5 Å². The van der Waals surface area contributed by atoms with Gasteiger partial charge in [0, 0.05) is 17.8 Å². The molecule has 21 heavy (non-hydrogen) atoms. The summed E-state index contributed by atoms with van der Waals surface area (Å²) in [6.07, 6.45) is 1.65. The lowest BCUT2D eigenvalue weighted by Gasteiger charge is -2.15. The van der Waals surface area contributed by atoms with Crippen LogP contribution in [0.15, 0.2) is 28.9 Å². The van der Waals surface area contributed by atoms with Crippen molar-refractivity contribution in [1.82, 2.24) is 10.3 Å². The molecule has 2 heterocycles. The van der Waals surface area contributed by atoms with Gasteiger partial charge in [0.1, 0.15) is 12.4 Å². The molecule has 0 fully saturated rings. The number of aryl methyl sites for hydroxylation is 2. The first kappa shape index (κ1) is 15.6. The van der Waals surface area contributed by atoms with E-state index >= 15 is 0 Å². The molecule has 0 radical (unpaired) electrons. The number of rotatable bonds is 7. The lowest BCUT2D eigenvalue weighted by atomic mass is 10.1. The number of hydrogen-bond donors (Lipinski definition) is 1. The molecule has 114 valence electrons. The summed E-state index contributed by atoms with van der Waals surface area (Å²) in [6, 6.07) is 5.85. The first-order chi connectivity index (χ1) is 10.1. The minimum absolute atomic E-state index is 0.403. The fourth-order valence-electron chi connectivity index (χ4n) is 2.18. The Kier molecular flexibility index (Phi) is 5.39. The molecular weight excluding hydrogens is 264 g/mol. The van der Waals surface area contributed by atoms with E-state index in [2.05, 4.69) is 37.1 Å². The zero-order chi connectivity index (χ0) is 15.2. The van der Waals surface area contributed by atoms with E-state index in [1.807, 2.05) is 19.1 Å². The Morgan fingerprint density at radius 2 is 2.14 bits per heavy atom. The molecule has 0 saturated carbocycles. The van der Waals surface area contributed by atoms with Crippen molar-refractivity contribution >= 4 is 0 Å². The van der Waals surface area contributed by atoms with Crippen LogP contribution in [0.2, 0.25) is 0 Å². The molecule has 2 rings (SSSR count). The standard InChI is InChI=1S/C17H24N2O2/c1-12(2)9-18-10-16-13(3)8-14(4)19-17(16)21-11-15-6-5-7-20-15/h5-8,12,18H,9-11H2,1-4H3. The van der Waals surface area contributed by atoms with Crippen LogP contribution in [0.3, 0.4) is 0 Å². The van der Waals surface area contributed by atoms with Crippen LogP contribution in [0.1, 0.15) is 36.4 Å². The van der Waals surface area contributed by atoms with Gasteiger partial charge in [-0.3, -0.25) is 0 Å². The van der Waals surface area contributed by atoms with Crippen molar-refractivity contribution in [3.05, 3.63) is 47.0 Å². The van der Waals surface area contributed by atoms with Crippen molar-refractivity contribution in [1.29, 1.82) is 0 Å². The molecule has 0 aliphatic carbocycles. The highest BCUT2D eigenvalue weighted by atomic mass is 16.5. The van der Waals surface area contributed by atoms with Gasteiger partial charge in [-0.2, -0.15) is 0 Å². The molecule has 4 heteroatoms. The van der Waals surface area contributed by atoms with Gasteiger partial charge in [-0.15, -0.1) is 0 Å². The van der Waals surface area contributed by atoms with Crippen molar-refractivity contribution < 1.29 is 9.15 Å². The van der Waals surface area contributed by atoms with Gasteiger partial charge in [0.2, 0.25) is 5.88 Å². The summed E-state index contributed by atoms with van der Waals surface area (Å²) < 4.78 is 11.2. The number of nitrogens with one attached hydrogen (secondary N) is 1. The van der Waals surface area contributed by atoms with Crippen LogP contribution in [0.25, 0.3) is 0 Å². The predicted molar refractivity (Wildman–Crippen MR) is 83.3 cm³/mol. The van der Waals surface area contributed by atoms with Crippen molar-refractivity contribution in [3.63, 3.8) is 0 Å². The van der Waals surface area contributed by atoms with Gasteiger partial charge in [0.15, 0.2) is 0 Å². The second-order valence-corrected chi connectivity index (χ2v) is 5.76. The summed E-state index contributed by atoms with van der Waals surface area (Å²) >= 11 is 0. The molecule has 0 aromatic carbocycles. The van der Waals surface area contributed by atoms with Crippen molar-refractivity contribution in [3.8, 4) is 5.88 Å². The smallest absolute Gasteiger partial charge is 0.218 e. The van der Waals surface area contributed by atoms with Gasteiger partial charge in [0.25, 0.3) is 0 Å². The highest BCUT2D eigenvalue weighted by Crippen LogP contribution is 2.22. The van der Waals surface area contributed by atoms with E-state index < -0.39 is 0 Å². The summed E-state index contributed by atoms with van der Waals surface area (Å²) in [5.41, 5.74) is 3.29. The fraction of sp³-hybridized carbons (Fsp3) is 0.471. The van der Waals surface area contributed by atoms with E-state index in [4.69, 9.17) is 9.15 Å². The number of aromatic nitrogens is 1. The average Bonchev–Trinajstić information content (AvgIpc) is 2.91. The Balaban J connectivity index is 2.09. The zero-order valence-corrected chi connectivity index (χ0v) is 13.3. The molecule has 0 amide bonds. The fourth-order valence-corrected chi connectivity index (χ4v) is 2.18. The summed E-state index contributed by atoms with van der Waals surface area (Å²) in [6.45, 7) is 10.6. The number of pyridine rings is 1. The van der Waals surface area contributed by atoms with Crippen LogP contribution in [0.4, 0.5) is 0 Å². The molecule has 0 atom stereocenters. The van der Waals surface area contributed by atoms with E-state index in [0.717, 1.165) is 30.1 Å². The third-order valence-electron chi connectivity index (χ3n) is 3.22. The SMILES string of the molecule is Cc1cc(C)c(CNCC(C)C)c(OCc2ccco2)n1. The van der Waals surface area contributed by atoms with Gasteiger partial charge < -0.3 is 14.5 Å². The van der Waals surface area contributed by atoms with Crippen LogP contribution >= 0.6 is 0 Å². The Hall–Kier alpha value is -1.81. The summed E-state index contributed by atoms with van der Waals surface area (Å²) in [7, 11) is 0. The van der Waals surface area contributed by atoms with Crippen molar-refractivity contribution in [2.75, 3.05) is 6.54 Å². The maximum absolute atomic E-state index is 5.86. The normalized spacial score (nSPS) is 11.1. The summed E-state index contributed by atoms with van der Waals surface area (Å²) in [5, 5.41) is 3.45. The molecule has 0 spiro atoms. The highest BCUT2D eigenvalue weighted by Gasteiger charge is 2.11. The molecular formula is C17H24N2O2. The van der Waals surface area contributed by atoms with Gasteiger partial charge >= 0.3 is 0 Å². The van der Waals surface area contributed by atoms with Crippen LogP contribution in [-0.2, 0) is 13.2 Å². The van der Waals surface area contributed by atoms with Gasteiger partial charge in [0.05, 0.1) is 6.26 Å². The largest absolute Gasteiger partial charge is 0.469 e.